The molecular formula is C38H71Cl2N3O2. The van der Waals surface area contributed by atoms with Gasteiger partial charge in [0.2, 0.25) is 0 Å². The number of rotatable bonds is 12. The highest BCUT2D eigenvalue weighted by Crippen LogP contribution is 2.67. The highest BCUT2D eigenvalue weighted by Gasteiger charge is 2.59. The van der Waals surface area contributed by atoms with Crippen molar-refractivity contribution >= 4 is 30.9 Å². The van der Waals surface area contributed by atoms with Crippen LogP contribution in [0.25, 0.3) is 0 Å². The predicted molar refractivity (Wildman–Crippen MR) is 195 cm³/mol. The van der Waals surface area contributed by atoms with E-state index in [1.807, 2.05) is 32.6 Å². The third kappa shape index (κ3) is 9.79. The standard InChI is InChI=1S/C38H69N3O2.2ClH/c1-26(2)11-10-12-27(3)31-15-16-32-30-14-13-28-25-29(17-19-37(28,8)33(30)18-20-38(31,32)9)43-34(42)41(23-21-35(4,5)39)24-22-36(6,7)40;;/h13,26-27,29-33H,10-12,14-25,39-40H2,1-9H3;2*1H/t27?,29-,30-,31+,32-,33-,37-,38+;;/m0../s1. The van der Waals surface area contributed by atoms with Gasteiger partial charge in [-0.25, -0.2) is 4.79 Å². The van der Waals surface area contributed by atoms with Crippen molar-refractivity contribution < 1.29 is 9.53 Å². The molecule has 3 saturated carbocycles. The Bertz CT molecular complexity index is 970. The fourth-order valence-corrected chi connectivity index (χ4v) is 10.1. The normalized spacial score (nSPS) is 33.5. The highest BCUT2D eigenvalue weighted by molar-refractivity contribution is 5.85. The van der Waals surface area contributed by atoms with Crippen LogP contribution in [0.5, 0.6) is 0 Å². The highest BCUT2D eigenvalue weighted by atomic mass is 35.5. The first-order valence-corrected chi connectivity index (χ1v) is 18.2. The minimum absolute atomic E-state index is 0. The molecule has 7 heteroatoms. The van der Waals surface area contributed by atoms with Crippen LogP contribution >= 0.6 is 24.8 Å². The fraction of sp³-hybridized carbons (Fsp3) is 0.921. The van der Waals surface area contributed by atoms with Crippen LogP contribution in [0.1, 0.15) is 146 Å². The van der Waals surface area contributed by atoms with E-state index >= 15 is 0 Å². The number of halogens is 2. The van der Waals surface area contributed by atoms with Crippen LogP contribution in [0.2, 0.25) is 0 Å². The first-order chi connectivity index (χ1) is 19.9. The van der Waals surface area contributed by atoms with Crippen molar-refractivity contribution in [1.82, 2.24) is 4.90 Å². The summed E-state index contributed by atoms with van der Waals surface area (Å²) in [5, 5.41) is 0. The Labute approximate surface area is 290 Å². The summed E-state index contributed by atoms with van der Waals surface area (Å²) in [6, 6.07) is 0. The zero-order valence-corrected chi connectivity index (χ0v) is 32.1. The average molecular weight is 673 g/mol. The van der Waals surface area contributed by atoms with Crippen molar-refractivity contribution in [3.05, 3.63) is 11.6 Å². The molecule has 5 nitrogen and oxygen atoms in total. The van der Waals surface area contributed by atoms with Crippen LogP contribution in [0.4, 0.5) is 4.79 Å². The van der Waals surface area contributed by atoms with Crippen LogP contribution in [0, 0.1) is 46.3 Å². The Morgan fingerprint density at radius 3 is 2.13 bits per heavy atom. The predicted octanol–water partition coefficient (Wildman–Crippen LogP) is 9.93. The van der Waals surface area contributed by atoms with Crippen molar-refractivity contribution in [3.63, 3.8) is 0 Å². The van der Waals surface area contributed by atoms with Gasteiger partial charge in [-0.1, -0.05) is 65.5 Å². The number of carbonyl (C=O) groups is 1. The molecule has 0 aromatic rings. The zero-order valence-electron chi connectivity index (χ0n) is 30.5. The van der Waals surface area contributed by atoms with Gasteiger partial charge in [-0.3, -0.25) is 0 Å². The molecule has 0 spiro atoms. The Hall–Kier alpha value is -0.490. The van der Waals surface area contributed by atoms with E-state index < -0.39 is 0 Å². The quantitative estimate of drug-likeness (QED) is 0.202. The first kappa shape index (κ1) is 40.7. The number of fused-ring (bicyclic) bond motifs is 5. The lowest BCUT2D eigenvalue weighted by molar-refractivity contribution is -0.0594. The van der Waals surface area contributed by atoms with Gasteiger partial charge in [0.25, 0.3) is 0 Å². The summed E-state index contributed by atoms with van der Waals surface area (Å²) in [7, 11) is 0. The monoisotopic (exact) mass is 671 g/mol. The molecule has 1 unspecified atom stereocenters. The van der Waals surface area contributed by atoms with Gasteiger partial charge in [0.05, 0.1) is 0 Å². The SMILES string of the molecule is CC(C)CCCC(C)[C@H]1CC[C@H]2[C@@H]3CC=C4C[C@@H](OC(=O)N(CCC(C)(C)N)CCC(C)(C)N)CC[C@]4(C)[C@H]3CC[C@]12C.Cl.Cl. The largest absolute Gasteiger partial charge is 0.446 e. The summed E-state index contributed by atoms with van der Waals surface area (Å²) in [4.78, 5) is 15.3. The Balaban J connectivity index is 0.00000353. The lowest BCUT2D eigenvalue weighted by Crippen LogP contribution is -2.51. The summed E-state index contributed by atoms with van der Waals surface area (Å²) in [6.07, 6.45) is 18.0. The molecule has 0 aliphatic heterocycles. The number of nitrogens with two attached hydrogens (primary N) is 2. The average Bonchev–Trinajstić information content (AvgIpc) is 3.24. The molecule has 1 amide bonds. The Morgan fingerprint density at radius 1 is 0.933 bits per heavy atom. The maximum absolute atomic E-state index is 13.5. The van der Waals surface area contributed by atoms with E-state index in [0.717, 1.165) is 67.6 Å². The van der Waals surface area contributed by atoms with Crippen LogP contribution in [0.15, 0.2) is 11.6 Å². The number of amides is 1. The van der Waals surface area contributed by atoms with Crippen molar-refractivity contribution in [3.8, 4) is 0 Å². The molecule has 3 fully saturated rings. The number of nitrogens with zero attached hydrogens (tertiary/aromatic N) is 1. The summed E-state index contributed by atoms with van der Waals surface area (Å²) < 4.78 is 6.25. The molecule has 4 aliphatic carbocycles. The van der Waals surface area contributed by atoms with Gasteiger partial charge in [0.1, 0.15) is 6.10 Å². The topological polar surface area (TPSA) is 81.6 Å². The van der Waals surface area contributed by atoms with Gasteiger partial charge in [0, 0.05) is 30.6 Å². The van der Waals surface area contributed by atoms with Crippen LogP contribution in [0.3, 0.4) is 0 Å². The van der Waals surface area contributed by atoms with Gasteiger partial charge < -0.3 is 21.1 Å². The van der Waals surface area contributed by atoms with E-state index in [4.69, 9.17) is 16.2 Å². The zero-order chi connectivity index (χ0) is 31.8. The molecule has 0 aromatic carbocycles. The van der Waals surface area contributed by atoms with Gasteiger partial charge in [0.15, 0.2) is 0 Å². The van der Waals surface area contributed by atoms with E-state index in [-0.39, 0.29) is 53.5 Å². The number of carbonyl (C=O) groups excluding carboxylic acids is 1. The lowest BCUT2D eigenvalue weighted by atomic mass is 9.47. The molecule has 0 radical (unpaired) electrons. The van der Waals surface area contributed by atoms with E-state index in [9.17, 15) is 4.79 Å². The number of hydrogen-bond donors (Lipinski definition) is 2. The Morgan fingerprint density at radius 2 is 1.56 bits per heavy atom. The summed E-state index contributed by atoms with van der Waals surface area (Å²) >= 11 is 0. The van der Waals surface area contributed by atoms with E-state index in [1.165, 1.54) is 51.4 Å². The second-order valence-electron chi connectivity index (χ2n) is 18.0. The van der Waals surface area contributed by atoms with Crippen molar-refractivity contribution in [1.29, 1.82) is 0 Å². The smallest absolute Gasteiger partial charge is 0.410 e. The molecule has 0 saturated heterocycles. The summed E-state index contributed by atoms with van der Waals surface area (Å²) in [5.41, 5.74) is 14.3. The number of allylic oxidation sites excluding steroid dienone is 1. The molecule has 0 heterocycles. The third-order valence-electron chi connectivity index (χ3n) is 12.8. The molecule has 4 rings (SSSR count). The molecule has 264 valence electrons. The number of ether oxygens (including phenoxy) is 1. The van der Waals surface area contributed by atoms with Crippen molar-refractivity contribution in [2.75, 3.05) is 13.1 Å². The minimum Gasteiger partial charge on any atom is -0.446 e. The maximum atomic E-state index is 13.5. The molecule has 0 bridgehead atoms. The van der Waals surface area contributed by atoms with Gasteiger partial charge >= 0.3 is 6.09 Å². The lowest BCUT2D eigenvalue weighted by Gasteiger charge is -2.58. The molecule has 0 aromatic heterocycles. The van der Waals surface area contributed by atoms with E-state index in [1.54, 1.807) is 5.57 Å². The van der Waals surface area contributed by atoms with Gasteiger partial charge in [-0.15, -0.1) is 24.8 Å². The Kier molecular flexibility index (Phi) is 14.3. The van der Waals surface area contributed by atoms with E-state index in [0.29, 0.717) is 18.5 Å². The van der Waals surface area contributed by atoms with E-state index in [2.05, 4.69) is 40.7 Å². The molecule has 45 heavy (non-hydrogen) atoms. The summed E-state index contributed by atoms with van der Waals surface area (Å²) in [5.74, 6) is 5.06. The number of hydrogen-bond acceptors (Lipinski definition) is 4. The van der Waals surface area contributed by atoms with Crippen LogP contribution < -0.4 is 11.5 Å². The van der Waals surface area contributed by atoms with Crippen molar-refractivity contribution in [2.24, 2.45) is 57.8 Å². The molecule has 4 aliphatic rings. The van der Waals surface area contributed by atoms with Gasteiger partial charge in [-0.05, 0) is 132 Å². The van der Waals surface area contributed by atoms with Gasteiger partial charge in [-0.2, -0.15) is 0 Å². The fourth-order valence-electron chi connectivity index (χ4n) is 10.1. The molecule has 4 N–H and O–H groups in total. The van der Waals surface area contributed by atoms with Crippen LogP contribution in [-0.4, -0.2) is 41.3 Å². The maximum Gasteiger partial charge on any atom is 0.410 e. The van der Waals surface area contributed by atoms with Crippen LogP contribution in [-0.2, 0) is 4.74 Å². The molecule has 8 atom stereocenters. The van der Waals surface area contributed by atoms with Crippen molar-refractivity contribution in [2.45, 2.75) is 163 Å². The second-order valence-corrected chi connectivity index (χ2v) is 18.0. The minimum atomic E-state index is -0.325. The first-order valence-electron chi connectivity index (χ1n) is 18.2. The second kappa shape index (κ2) is 15.8. The third-order valence-corrected chi connectivity index (χ3v) is 12.8. The molecular weight excluding hydrogens is 601 g/mol. The summed E-state index contributed by atoms with van der Waals surface area (Å²) in [6.45, 7) is 21.8.